The molecule has 4 N–H and O–H groups in total. The van der Waals surface area contributed by atoms with Crippen LogP contribution in [-0.2, 0) is 4.79 Å². The lowest BCUT2D eigenvalue weighted by atomic mass is 10.2. The number of carbonyl (C=O) groups is 1. The van der Waals surface area contributed by atoms with Crippen LogP contribution in [0.5, 0.6) is 5.75 Å². The summed E-state index contributed by atoms with van der Waals surface area (Å²) in [7, 11) is 0. The van der Waals surface area contributed by atoms with Gasteiger partial charge in [-0.1, -0.05) is 0 Å². The molecule has 82 valence electrons. The molecule has 0 radical (unpaired) electrons. The van der Waals surface area contributed by atoms with Gasteiger partial charge in [0.15, 0.2) is 11.6 Å². The monoisotopic (exact) mass is 212 g/mol. The molecule has 0 bridgehead atoms. The standard InChI is InChI=1S/C10H13FN2O2/c1-6(12)4-10(15)13-7-2-3-9(14)8(11)5-7/h2-3,5-6,14H,4,12H2,1H3,(H,13,15). The van der Waals surface area contributed by atoms with Gasteiger partial charge >= 0.3 is 0 Å². The molecule has 1 aromatic carbocycles. The Kier molecular flexibility index (Phi) is 3.62. The third kappa shape index (κ3) is 3.55. The number of phenols is 1. The number of benzene rings is 1. The lowest BCUT2D eigenvalue weighted by molar-refractivity contribution is -0.116. The Morgan fingerprint density at radius 1 is 1.67 bits per heavy atom. The van der Waals surface area contributed by atoms with Gasteiger partial charge in [0, 0.05) is 24.2 Å². The van der Waals surface area contributed by atoms with Crippen molar-refractivity contribution >= 4 is 11.6 Å². The first-order valence-corrected chi connectivity index (χ1v) is 4.53. The van der Waals surface area contributed by atoms with Crippen LogP contribution in [0.4, 0.5) is 10.1 Å². The number of hydrogen-bond donors (Lipinski definition) is 3. The quantitative estimate of drug-likeness (QED) is 0.659. The molecule has 1 rings (SSSR count). The zero-order valence-corrected chi connectivity index (χ0v) is 8.33. The molecule has 0 heterocycles. The summed E-state index contributed by atoms with van der Waals surface area (Å²) in [6.07, 6.45) is 0.169. The number of nitrogens with two attached hydrogens (primary N) is 1. The number of amides is 1. The Labute approximate surface area is 86.9 Å². The summed E-state index contributed by atoms with van der Waals surface area (Å²) >= 11 is 0. The van der Waals surface area contributed by atoms with Crippen molar-refractivity contribution in [2.45, 2.75) is 19.4 Å². The highest BCUT2D eigenvalue weighted by molar-refractivity contribution is 5.91. The van der Waals surface area contributed by atoms with Crippen molar-refractivity contribution in [1.29, 1.82) is 0 Å². The van der Waals surface area contributed by atoms with E-state index in [1.807, 2.05) is 0 Å². The average molecular weight is 212 g/mol. The fourth-order valence-electron chi connectivity index (χ4n) is 1.09. The van der Waals surface area contributed by atoms with Gasteiger partial charge in [-0.2, -0.15) is 0 Å². The van der Waals surface area contributed by atoms with Gasteiger partial charge < -0.3 is 16.2 Å². The van der Waals surface area contributed by atoms with E-state index in [1.165, 1.54) is 12.1 Å². The van der Waals surface area contributed by atoms with Gasteiger partial charge in [0.2, 0.25) is 5.91 Å². The summed E-state index contributed by atoms with van der Waals surface area (Å²) in [6.45, 7) is 1.71. The van der Waals surface area contributed by atoms with E-state index in [1.54, 1.807) is 6.92 Å². The second kappa shape index (κ2) is 4.75. The summed E-state index contributed by atoms with van der Waals surface area (Å²) in [4.78, 5) is 11.2. The molecule has 1 amide bonds. The summed E-state index contributed by atoms with van der Waals surface area (Å²) in [5.41, 5.74) is 5.73. The van der Waals surface area contributed by atoms with Gasteiger partial charge in [0.1, 0.15) is 0 Å². The fourth-order valence-corrected chi connectivity index (χ4v) is 1.09. The Morgan fingerprint density at radius 2 is 2.33 bits per heavy atom. The maximum atomic E-state index is 12.9. The molecular formula is C10H13FN2O2. The van der Waals surface area contributed by atoms with Crippen molar-refractivity contribution in [3.05, 3.63) is 24.0 Å². The van der Waals surface area contributed by atoms with Crippen molar-refractivity contribution in [3.8, 4) is 5.75 Å². The topological polar surface area (TPSA) is 75.4 Å². The van der Waals surface area contributed by atoms with E-state index in [0.717, 1.165) is 6.07 Å². The molecule has 0 spiro atoms. The summed E-state index contributed by atoms with van der Waals surface area (Å²) in [5.74, 6) is -1.50. The Morgan fingerprint density at radius 3 is 2.87 bits per heavy atom. The van der Waals surface area contributed by atoms with Crippen molar-refractivity contribution < 1.29 is 14.3 Å². The van der Waals surface area contributed by atoms with Gasteiger partial charge in [-0.15, -0.1) is 0 Å². The minimum atomic E-state index is -0.770. The van der Waals surface area contributed by atoms with Crippen LogP contribution in [0, 0.1) is 5.82 Å². The third-order valence-electron chi connectivity index (χ3n) is 1.74. The van der Waals surface area contributed by atoms with Gasteiger partial charge in [-0.05, 0) is 19.1 Å². The molecule has 15 heavy (non-hydrogen) atoms. The van der Waals surface area contributed by atoms with E-state index >= 15 is 0 Å². The molecule has 1 unspecified atom stereocenters. The first-order chi connectivity index (χ1) is 6.99. The molecule has 1 atom stereocenters. The van der Waals surface area contributed by atoms with Crippen molar-refractivity contribution in [2.24, 2.45) is 5.73 Å². The normalized spacial score (nSPS) is 12.2. The molecule has 0 aromatic heterocycles. The van der Waals surface area contributed by atoms with E-state index in [0.29, 0.717) is 5.69 Å². The predicted octanol–water partition coefficient (Wildman–Crippen LogP) is 1.21. The largest absolute Gasteiger partial charge is 0.505 e. The zero-order valence-electron chi connectivity index (χ0n) is 8.33. The van der Waals surface area contributed by atoms with Gasteiger partial charge in [0.25, 0.3) is 0 Å². The Bertz CT molecular complexity index is 366. The van der Waals surface area contributed by atoms with E-state index in [9.17, 15) is 9.18 Å². The highest BCUT2D eigenvalue weighted by Crippen LogP contribution is 2.19. The Hall–Kier alpha value is -1.62. The number of aromatic hydroxyl groups is 1. The molecule has 1 aromatic rings. The van der Waals surface area contributed by atoms with E-state index in [4.69, 9.17) is 10.8 Å². The van der Waals surface area contributed by atoms with Crippen molar-refractivity contribution in [3.63, 3.8) is 0 Å². The number of phenolic OH excluding ortho intramolecular Hbond substituents is 1. The minimum Gasteiger partial charge on any atom is -0.505 e. The molecule has 4 nitrogen and oxygen atoms in total. The second-order valence-electron chi connectivity index (χ2n) is 3.40. The smallest absolute Gasteiger partial charge is 0.225 e. The molecule has 5 heteroatoms. The maximum Gasteiger partial charge on any atom is 0.225 e. The number of hydrogen-bond acceptors (Lipinski definition) is 3. The first-order valence-electron chi connectivity index (χ1n) is 4.53. The number of halogens is 1. The van der Waals surface area contributed by atoms with Crippen molar-refractivity contribution in [2.75, 3.05) is 5.32 Å². The lowest BCUT2D eigenvalue weighted by Gasteiger charge is -2.07. The summed E-state index contributed by atoms with van der Waals surface area (Å²) in [5, 5.41) is 11.4. The number of anilines is 1. The first kappa shape index (κ1) is 11.5. The van der Waals surface area contributed by atoms with Crippen LogP contribution in [0.1, 0.15) is 13.3 Å². The Balaban J connectivity index is 2.65. The van der Waals surface area contributed by atoms with Gasteiger partial charge in [-0.25, -0.2) is 4.39 Å². The summed E-state index contributed by atoms with van der Waals surface area (Å²) < 4.78 is 12.9. The van der Waals surface area contributed by atoms with E-state index < -0.39 is 11.6 Å². The molecule has 0 saturated heterocycles. The van der Waals surface area contributed by atoms with Gasteiger partial charge in [0.05, 0.1) is 0 Å². The zero-order chi connectivity index (χ0) is 11.4. The van der Waals surface area contributed by atoms with Crippen molar-refractivity contribution in [1.82, 2.24) is 0 Å². The van der Waals surface area contributed by atoms with E-state index in [2.05, 4.69) is 5.32 Å². The highest BCUT2D eigenvalue weighted by atomic mass is 19.1. The molecule has 0 fully saturated rings. The maximum absolute atomic E-state index is 12.9. The van der Waals surface area contributed by atoms with Gasteiger partial charge in [-0.3, -0.25) is 4.79 Å². The number of rotatable bonds is 3. The fraction of sp³-hybridized carbons (Fsp3) is 0.300. The van der Waals surface area contributed by atoms with Crippen LogP contribution in [0.3, 0.4) is 0 Å². The van der Waals surface area contributed by atoms with Crippen LogP contribution in [0.15, 0.2) is 18.2 Å². The van der Waals surface area contributed by atoms with E-state index in [-0.39, 0.29) is 18.4 Å². The molecular weight excluding hydrogens is 199 g/mol. The summed E-state index contributed by atoms with van der Waals surface area (Å²) in [6, 6.07) is 3.40. The average Bonchev–Trinajstić information content (AvgIpc) is 2.10. The predicted molar refractivity (Wildman–Crippen MR) is 55.0 cm³/mol. The van der Waals surface area contributed by atoms with Crippen LogP contribution in [0.2, 0.25) is 0 Å². The third-order valence-corrected chi connectivity index (χ3v) is 1.74. The highest BCUT2D eigenvalue weighted by Gasteiger charge is 2.07. The second-order valence-corrected chi connectivity index (χ2v) is 3.40. The van der Waals surface area contributed by atoms with Crippen LogP contribution >= 0.6 is 0 Å². The van der Waals surface area contributed by atoms with Crippen LogP contribution < -0.4 is 11.1 Å². The minimum absolute atomic E-state index is 0.169. The van der Waals surface area contributed by atoms with Crippen LogP contribution in [0.25, 0.3) is 0 Å². The molecule has 0 aliphatic rings. The SMILES string of the molecule is CC(N)CC(=O)Nc1ccc(O)c(F)c1. The number of carbonyl (C=O) groups excluding carboxylic acids is 1. The molecule has 0 aliphatic heterocycles. The molecule has 0 aliphatic carbocycles. The lowest BCUT2D eigenvalue weighted by Crippen LogP contribution is -2.23. The molecule has 0 saturated carbocycles. The van der Waals surface area contributed by atoms with Crippen LogP contribution in [-0.4, -0.2) is 17.1 Å². The number of nitrogens with one attached hydrogen (secondary N) is 1.